The average molecular weight is 427 g/mol. The van der Waals surface area contributed by atoms with Gasteiger partial charge in [-0.15, -0.1) is 11.3 Å². The van der Waals surface area contributed by atoms with Crippen molar-refractivity contribution in [3.8, 4) is 0 Å². The Balaban J connectivity index is 1.69. The lowest BCUT2D eigenvalue weighted by Gasteiger charge is -2.33. The van der Waals surface area contributed by atoms with Crippen LogP contribution in [-0.4, -0.2) is 34.7 Å². The molecular formula is C19H27BrN2O2S. The fraction of sp³-hybridized carbons (Fsp3) is 0.632. The minimum absolute atomic E-state index is 0.185. The number of H-pyrrole nitrogens is 1. The maximum Gasteiger partial charge on any atom is 0.410 e. The number of thiophene rings is 1. The Morgan fingerprint density at radius 3 is 2.56 bits per heavy atom. The zero-order chi connectivity index (χ0) is 18.4. The number of likely N-dealkylation sites (tertiary alicyclic amines) is 1. The SMILES string of the molecule is CC(C)c1c(Br)[nH]c2cc(C3CCN(C(=O)OC(C)(C)C)CC3)sc12. The zero-order valence-electron chi connectivity index (χ0n) is 15.6. The number of aromatic amines is 1. The lowest BCUT2D eigenvalue weighted by atomic mass is 9.95. The second-order valence-electron chi connectivity index (χ2n) is 8.14. The number of carbonyl (C=O) groups excluding carboxylic acids is 1. The van der Waals surface area contributed by atoms with E-state index in [1.807, 2.05) is 37.0 Å². The molecule has 6 heteroatoms. The molecule has 4 nitrogen and oxygen atoms in total. The van der Waals surface area contributed by atoms with Crippen LogP contribution in [0.5, 0.6) is 0 Å². The highest BCUT2D eigenvalue weighted by atomic mass is 79.9. The third kappa shape index (κ3) is 4.05. The van der Waals surface area contributed by atoms with Gasteiger partial charge in [-0.1, -0.05) is 13.8 Å². The number of hydrogen-bond donors (Lipinski definition) is 1. The Kier molecular flexibility index (Phi) is 5.22. The van der Waals surface area contributed by atoms with E-state index in [9.17, 15) is 4.79 Å². The van der Waals surface area contributed by atoms with E-state index in [1.54, 1.807) is 0 Å². The number of nitrogens with zero attached hydrogens (tertiary/aromatic N) is 1. The van der Waals surface area contributed by atoms with E-state index >= 15 is 0 Å². The standard InChI is InChI=1S/C19H27BrN2O2S/c1-11(2)15-16-13(21-17(15)20)10-14(25-16)12-6-8-22(9-7-12)18(23)24-19(3,4)5/h10-12,21H,6-9H2,1-5H3. The third-order valence-electron chi connectivity index (χ3n) is 4.60. The lowest BCUT2D eigenvalue weighted by Crippen LogP contribution is -2.41. The van der Waals surface area contributed by atoms with Crippen molar-refractivity contribution in [3.05, 3.63) is 21.1 Å². The number of nitrogens with one attached hydrogen (secondary N) is 1. The number of amides is 1. The van der Waals surface area contributed by atoms with Crippen LogP contribution in [0.2, 0.25) is 0 Å². The summed E-state index contributed by atoms with van der Waals surface area (Å²) < 4.78 is 7.96. The van der Waals surface area contributed by atoms with Crippen molar-refractivity contribution in [2.45, 2.75) is 64.9 Å². The summed E-state index contributed by atoms with van der Waals surface area (Å²) >= 11 is 5.55. The number of aromatic nitrogens is 1. The molecule has 138 valence electrons. The molecule has 1 fully saturated rings. The molecule has 0 bridgehead atoms. The summed E-state index contributed by atoms with van der Waals surface area (Å²) in [5.74, 6) is 1.02. The van der Waals surface area contributed by atoms with Gasteiger partial charge in [0.25, 0.3) is 0 Å². The average Bonchev–Trinajstić information content (AvgIpc) is 3.01. The van der Waals surface area contributed by atoms with Crippen molar-refractivity contribution >= 4 is 43.6 Å². The molecule has 2 aromatic rings. The van der Waals surface area contributed by atoms with Crippen molar-refractivity contribution < 1.29 is 9.53 Å². The van der Waals surface area contributed by atoms with E-state index in [1.165, 1.54) is 20.7 Å². The van der Waals surface area contributed by atoms with Crippen LogP contribution in [0.1, 0.15) is 69.7 Å². The summed E-state index contributed by atoms with van der Waals surface area (Å²) in [6.45, 7) is 11.7. The van der Waals surface area contributed by atoms with Gasteiger partial charge < -0.3 is 14.6 Å². The first-order valence-electron chi connectivity index (χ1n) is 8.94. The maximum atomic E-state index is 12.2. The molecule has 3 rings (SSSR count). The number of halogens is 1. The summed E-state index contributed by atoms with van der Waals surface area (Å²) in [4.78, 5) is 18.9. The molecule has 0 aliphatic carbocycles. The van der Waals surface area contributed by atoms with Gasteiger partial charge in [-0.25, -0.2) is 4.79 Å². The Labute approximate surface area is 162 Å². The van der Waals surface area contributed by atoms with Gasteiger partial charge in [0.05, 0.1) is 14.8 Å². The second-order valence-corrected chi connectivity index (χ2v) is 10.0. The molecule has 25 heavy (non-hydrogen) atoms. The normalized spacial score (nSPS) is 16.8. The van der Waals surface area contributed by atoms with E-state index in [-0.39, 0.29) is 6.09 Å². The molecular weight excluding hydrogens is 400 g/mol. The first kappa shape index (κ1) is 18.8. The number of piperidine rings is 1. The zero-order valence-corrected chi connectivity index (χ0v) is 18.0. The molecule has 1 N–H and O–H groups in total. The van der Waals surface area contributed by atoms with Crippen molar-refractivity contribution in [2.75, 3.05) is 13.1 Å². The summed E-state index contributed by atoms with van der Waals surface area (Å²) in [7, 11) is 0. The van der Waals surface area contributed by atoms with Crippen LogP contribution >= 0.6 is 27.3 Å². The Morgan fingerprint density at radius 2 is 2.00 bits per heavy atom. The third-order valence-corrected chi connectivity index (χ3v) is 6.56. The van der Waals surface area contributed by atoms with Crippen molar-refractivity contribution in [2.24, 2.45) is 0 Å². The van der Waals surface area contributed by atoms with Crippen LogP contribution in [0.15, 0.2) is 10.7 Å². The maximum absolute atomic E-state index is 12.2. The minimum Gasteiger partial charge on any atom is -0.444 e. The fourth-order valence-corrected chi connectivity index (χ4v) is 5.86. The highest BCUT2D eigenvalue weighted by Crippen LogP contribution is 2.42. The Hall–Kier alpha value is -1.01. The highest BCUT2D eigenvalue weighted by molar-refractivity contribution is 9.10. The quantitative estimate of drug-likeness (QED) is 0.618. The van der Waals surface area contributed by atoms with Gasteiger partial charge in [0.1, 0.15) is 5.60 Å². The van der Waals surface area contributed by atoms with Crippen LogP contribution < -0.4 is 0 Å². The van der Waals surface area contributed by atoms with E-state index in [4.69, 9.17) is 4.74 Å². The van der Waals surface area contributed by atoms with Crippen LogP contribution in [0.4, 0.5) is 4.79 Å². The molecule has 1 aliphatic rings. The fourth-order valence-electron chi connectivity index (χ4n) is 3.38. The second kappa shape index (κ2) is 6.95. The molecule has 0 aromatic carbocycles. The Morgan fingerprint density at radius 1 is 1.36 bits per heavy atom. The number of fused-ring (bicyclic) bond motifs is 1. The lowest BCUT2D eigenvalue weighted by molar-refractivity contribution is 0.0205. The van der Waals surface area contributed by atoms with Crippen molar-refractivity contribution in [1.29, 1.82) is 0 Å². The molecule has 2 aromatic heterocycles. The monoisotopic (exact) mass is 426 g/mol. The van der Waals surface area contributed by atoms with Gasteiger partial charge in [0.2, 0.25) is 0 Å². The van der Waals surface area contributed by atoms with Gasteiger partial charge in [-0.05, 0) is 67.4 Å². The van der Waals surface area contributed by atoms with Crippen LogP contribution in [0.3, 0.4) is 0 Å². The number of carbonyl (C=O) groups is 1. The molecule has 0 atom stereocenters. The number of ether oxygens (including phenoxy) is 1. The molecule has 0 unspecified atom stereocenters. The van der Waals surface area contributed by atoms with Crippen LogP contribution in [0.25, 0.3) is 10.2 Å². The van der Waals surface area contributed by atoms with Gasteiger partial charge >= 0.3 is 6.09 Å². The largest absolute Gasteiger partial charge is 0.444 e. The summed E-state index contributed by atoms with van der Waals surface area (Å²) in [6, 6.07) is 2.30. The molecule has 3 heterocycles. The van der Waals surface area contributed by atoms with Gasteiger partial charge in [-0.2, -0.15) is 0 Å². The van der Waals surface area contributed by atoms with E-state index in [0.29, 0.717) is 11.8 Å². The molecule has 0 saturated carbocycles. The Bertz CT molecular complexity index is 764. The van der Waals surface area contributed by atoms with E-state index in [0.717, 1.165) is 30.5 Å². The summed E-state index contributed by atoms with van der Waals surface area (Å²) in [6.07, 6.45) is 1.82. The van der Waals surface area contributed by atoms with Gasteiger partial charge in [0.15, 0.2) is 0 Å². The smallest absolute Gasteiger partial charge is 0.410 e. The molecule has 1 amide bonds. The van der Waals surface area contributed by atoms with E-state index < -0.39 is 5.60 Å². The molecule has 0 radical (unpaired) electrons. The molecule has 0 spiro atoms. The number of rotatable bonds is 2. The van der Waals surface area contributed by atoms with E-state index in [2.05, 4.69) is 40.8 Å². The first-order chi connectivity index (χ1) is 11.7. The van der Waals surface area contributed by atoms with Crippen molar-refractivity contribution in [3.63, 3.8) is 0 Å². The van der Waals surface area contributed by atoms with Gasteiger partial charge in [0, 0.05) is 23.5 Å². The first-order valence-corrected chi connectivity index (χ1v) is 10.6. The predicted octanol–water partition coefficient (Wildman–Crippen LogP) is 6.23. The van der Waals surface area contributed by atoms with Gasteiger partial charge in [-0.3, -0.25) is 0 Å². The van der Waals surface area contributed by atoms with Crippen LogP contribution in [-0.2, 0) is 4.74 Å². The topological polar surface area (TPSA) is 45.3 Å². The summed E-state index contributed by atoms with van der Waals surface area (Å²) in [5, 5.41) is 0. The van der Waals surface area contributed by atoms with Crippen molar-refractivity contribution in [1.82, 2.24) is 9.88 Å². The number of hydrogen-bond acceptors (Lipinski definition) is 3. The van der Waals surface area contributed by atoms with Crippen LogP contribution in [0, 0.1) is 0 Å². The predicted molar refractivity (Wildman–Crippen MR) is 108 cm³/mol. The minimum atomic E-state index is -0.429. The molecule has 1 saturated heterocycles. The summed E-state index contributed by atoms with van der Waals surface area (Å²) in [5.41, 5.74) is 2.17. The molecule has 1 aliphatic heterocycles. The highest BCUT2D eigenvalue weighted by Gasteiger charge is 2.29.